The highest BCUT2D eigenvalue weighted by molar-refractivity contribution is 7.99. The number of methoxy groups -OCH3 is 1. The van der Waals surface area contributed by atoms with Crippen molar-refractivity contribution in [3.8, 4) is 11.5 Å². The van der Waals surface area contributed by atoms with E-state index in [9.17, 15) is 9.90 Å². The van der Waals surface area contributed by atoms with E-state index in [1.54, 1.807) is 12.1 Å². The number of carbonyl (C=O) groups is 1. The highest BCUT2D eigenvalue weighted by atomic mass is 35.5. The number of fused-ring (bicyclic) bond motifs is 1. The third-order valence-corrected chi connectivity index (χ3v) is 5.23. The lowest BCUT2D eigenvalue weighted by molar-refractivity contribution is -0.118. The Morgan fingerprint density at radius 2 is 2.19 bits per heavy atom. The number of thioether (sulfide) groups is 1. The molecule has 27 heavy (non-hydrogen) atoms. The van der Waals surface area contributed by atoms with E-state index < -0.39 is 0 Å². The Bertz CT molecular complexity index is 1020. The summed E-state index contributed by atoms with van der Waals surface area (Å²) in [6.45, 7) is 0. The van der Waals surface area contributed by atoms with Gasteiger partial charge in [-0.2, -0.15) is 5.10 Å². The molecule has 0 fully saturated rings. The van der Waals surface area contributed by atoms with Gasteiger partial charge in [0, 0.05) is 12.6 Å². The van der Waals surface area contributed by atoms with Crippen molar-refractivity contribution in [1.29, 1.82) is 0 Å². The normalized spacial score (nSPS) is 11.2. The number of aromatic nitrogens is 2. The fourth-order valence-electron chi connectivity index (χ4n) is 2.42. The molecule has 9 heteroatoms. The fraction of sp³-hybridized carbons (Fsp3) is 0.167. The van der Waals surface area contributed by atoms with Crippen LogP contribution < -0.4 is 10.2 Å². The third-order valence-electron chi connectivity index (χ3n) is 3.80. The van der Waals surface area contributed by atoms with Crippen LogP contribution >= 0.6 is 23.4 Å². The Balaban J connectivity index is 1.59. The first kappa shape index (κ1) is 19.1. The summed E-state index contributed by atoms with van der Waals surface area (Å²) in [5.74, 6) is -0.0279. The van der Waals surface area contributed by atoms with E-state index in [4.69, 9.17) is 16.3 Å². The number of halogens is 1. The fourth-order valence-corrected chi connectivity index (χ4v) is 3.40. The van der Waals surface area contributed by atoms with Crippen LogP contribution in [0.1, 0.15) is 5.56 Å². The molecule has 0 aliphatic carbocycles. The molecule has 0 aliphatic heterocycles. The summed E-state index contributed by atoms with van der Waals surface area (Å²) in [4.78, 5) is 16.5. The molecule has 0 spiro atoms. The Morgan fingerprint density at radius 1 is 1.41 bits per heavy atom. The monoisotopic (exact) mass is 404 g/mol. The molecule has 140 valence electrons. The first-order chi connectivity index (χ1) is 13.0. The predicted molar refractivity (Wildman–Crippen MR) is 107 cm³/mol. The summed E-state index contributed by atoms with van der Waals surface area (Å²) in [5.41, 5.74) is 4.78. The van der Waals surface area contributed by atoms with Crippen LogP contribution in [0.3, 0.4) is 0 Å². The average Bonchev–Trinajstić information content (AvgIpc) is 3.00. The van der Waals surface area contributed by atoms with Gasteiger partial charge in [0.15, 0.2) is 16.7 Å². The van der Waals surface area contributed by atoms with Crippen LogP contribution in [0.4, 0.5) is 0 Å². The van der Waals surface area contributed by atoms with Crippen LogP contribution in [-0.4, -0.2) is 39.6 Å². The molecule has 7 nitrogen and oxygen atoms in total. The number of aromatic hydroxyl groups is 1. The molecule has 1 aromatic heterocycles. The highest BCUT2D eigenvalue weighted by Gasteiger charge is 2.11. The molecule has 0 atom stereocenters. The van der Waals surface area contributed by atoms with Gasteiger partial charge in [-0.1, -0.05) is 35.5 Å². The summed E-state index contributed by atoms with van der Waals surface area (Å²) in [5, 5.41) is 14.6. The SMILES string of the molecule is COc1ccc(/C=N\NC(=O)CSc2nc3ccccc3n2C)c(Cl)c1O. The molecule has 1 heterocycles. The molecule has 2 aromatic carbocycles. The molecule has 1 amide bonds. The number of hydrogen-bond acceptors (Lipinski definition) is 6. The second kappa shape index (κ2) is 8.32. The first-order valence-corrected chi connectivity index (χ1v) is 9.29. The van der Waals surface area contributed by atoms with E-state index in [0.29, 0.717) is 5.56 Å². The summed E-state index contributed by atoms with van der Waals surface area (Å²) >= 11 is 7.36. The number of hydrazone groups is 1. The van der Waals surface area contributed by atoms with E-state index >= 15 is 0 Å². The van der Waals surface area contributed by atoms with Crippen molar-refractivity contribution < 1.29 is 14.6 Å². The van der Waals surface area contributed by atoms with E-state index in [2.05, 4.69) is 15.5 Å². The second-order valence-electron chi connectivity index (χ2n) is 5.54. The minimum atomic E-state index is -0.280. The molecule has 0 aliphatic rings. The lowest BCUT2D eigenvalue weighted by Gasteiger charge is -2.06. The van der Waals surface area contributed by atoms with Gasteiger partial charge in [0.1, 0.15) is 0 Å². The van der Waals surface area contributed by atoms with Crippen molar-refractivity contribution in [3.63, 3.8) is 0 Å². The first-order valence-electron chi connectivity index (χ1n) is 7.93. The van der Waals surface area contributed by atoms with E-state index in [-0.39, 0.29) is 28.2 Å². The Morgan fingerprint density at radius 3 is 2.93 bits per heavy atom. The number of carbonyl (C=O) groups excluding carboxylic acids is 1. The van der Waals surface area contributed by atoms with Crippen LogP contribution in [0.25, 0.3) is 11.0 Å². The molecular weight excluding hydrogens is 388 g/mol. The molecule has 0 unspecified atom stereocenters. The summed E-state index contributed by atoms with van der Waals surface area (Å²) in [7, 11) is 3.34. The van der Waals surface area contributed by atoms with Crippen LogP contribution in [-0.2, 0) is 11.8 Å². The van der Waals surface area contributed by atoms with Crippen molar-refractivity contribution in [3.05, 3.63) is 47.0 Å². The molecule has 2 N–H and O–H groups in total. The summed E-state index contributed by atoms with van der Waals surface area (Å²) < 4.78 is 6.91. The maximum Gasteiger partial charge on any atom is 0.250 e. The van der Waals surface area contributed by atoms with Gasteiger partial charge in [0.05, 0.1) is 35.1 Å². The zero-order valence-electron chi connectivity index (χ0n) is 14.6. The van der Waals surface area contributed by atoms with Crippen molar-refractivity contribution in [2.75, 3.05) is 12.9 Å². The van der Waals surface area contributed by atoms with E-state index in [1.165, 1.54) is 25.1 Å². The average molecular weight is 405 g/mol. The quantitative estimate of drug-likeness (QED) is 0.374. The van der Waals surface area contributed by atoms with Gasteiger partial charge < -0.3 is 14.4 Å². The third kappa shape index (κ3) is 4.17. The van der Waals surface area contributed by atoms with Crippen LogP contribution in [0.15, 0.2) is 46.7 Å². The topological polar surface area (TPSA) is 88.7 Å². The van der Waals surface area contributed by atoms with Gasteiger partial charge in [-0.05, 0) is 24.3 Å². The number of phenolic OH excluding ortho intramolecular Hbond substituents is 1. The van der Waals surface area contributed by atoms with Crippen molar-refractivity contribution in [2.45, 2.75) is 5.16 Å². The second-order valence-corrected chi connectivity index (χ2v) is 6.86. The standard InChI is InChI=1S/C18H17ClN4O3S/c1-23-13-6-4-3-5-12(13)21-18(23)27-10-15(24)22-20-9-11-7-8-14(26-2)17(25)16(11)19/h3-9,25H,10H2,1-2H3,(H,22,24)/b20-9-. The number of benzene rings is 2. The van der Waals surface area contributed by atoms with Crippen LogP contribution in [0, 0.1) is 0 Å². The largest absolute Gasteiger partial charge is 0.503 e. The van der Waals surface area contributed by atoms with E-state index in [0.717, 1.165) is 16.2 Å². The minimum absolute atomic E-state index is 0.0985. The molecule has 0 saturated carbocycles. The van der Waals surface area contributed by atoms with E-state index in [1.807, 2.05) is 35.9 Å². The molecule has 0 radical (unpaired) electrons. The Hall–Kier alpha value is -2.71. The number of nitrogens with one attached hydrogen (secondary N) is 1. The smallest absolute Gasteiger partial charge is 0.250 e. The molecule has 3 rings (SSSR count). The zero-order chi connectivity index (χ0) is 19.4. The van der Waals surface area contributed by atoms with Gasteiger partial charge in [0.2, 0.25) is 0 Å². The number of amides is 1. The lowest BCUT2D eigenvalue weighted by Crippen LogP contribution is -2.19. The van der Waals surface area contributed by atoms with Gasteiger partial charge >= 0.3 is 0 Å². The predicted octanol–water partition coefficient (Wildman–Crippen LogP) is 3.18. The number of phenols is 1. The summed E-state index contributed by atoms with van der Waals surface area (Å²) in [6, 6.07) is 11.0. The molecule has 0 saturated heterocycles. The summed E-state index contributed by atoms with van der Waals surface area (Å²) in [6.07, 6.45) is 1.36. The number of rotatable bonds is 6. The zero-order valence-corrected chi connectivity index (χ0v) is 16.2. The Labute approximate surface area is 165 Å². The maximum absolute atomic E-state index is 12.0. The number of aryl methyl sites for hydroxylation is 1. The number of ether oxygens (including phenoxy) is 1. The van der Waals surface area contributed by atoms with Crippen molar-refractivity contribution in [2.24, 2.45) is 12.1 Å². The maximum atomic E-state index is 12.0. The molecule has 3 aromatic rings. The molecule has 0 bridgehead atoms. The number of nitrogens with zero attached hydrogens (tertiary/aromatic N) is 3. The minimum Gasteiger partial charge on any atom is -0.503 e. The molecular formula is C18H17ClN4O3S. The van der Waals surface area contributed by atoms with Crippen LogP contribution in [0.2, 0.25) is 5.02 Å². The highest BCUT2D eigenvalue weighted by Crippen LogP contribution is 2.35. The number of para-hydroxylation sites is 2. The van der Waals surface area contributed by atoms with Gasteiger partial charge in [0.25, 0.3) is 5.91 Å². The van der Waals surface area contributed by atoms with Gasteiger partial charge in [-0.3, -0.25) is 4.79 Å². The van der Waals surface area contributed by atoms with Gasteiger partial charge in [-0.15, -0.1) is 0 Å². The Kier molecular flexibility index (Phi) is 5.88. The van der Waals surface area contributed by atoms with Crippen molar-refractivity contribution in [1.82, 2.24) is 15.0 Å². The number of hydrogen-bond donors (Lipinski definition) is 2. The number of imidazole rings is 1. The van der Waals surface area contributed by atoms with Crippen molar-refractivity contribution >= 4 is 46.5 Å². The van der Waals surface area contributed by atoms with Crippen LogP contribution in [0.5, 0.6) is 11.5 Å². The van der Waals surface area contributed by atoms with Gasteiger partial charge in [-0.25, -0.2) is 10.4 Å². The lowest BCUT2D eigenvalue weighted by atomic mass is 10.2.